The van der Waals surface area contributed by atoms with E-state index in [0.717, 1.165) is 26.1 Å². The fourth-order valence-corrected chi connectivity index (χ4v) is 2.13. The van der Waals surface area contributed by atoms with Crippen LogP contribution in [-0.2, 0) is 11.3 Å². The Hall–Kier alpha value is -1.12. The molecule has 1 aromatic carbocycles. The second-order valence-corrected chi connectivity index (χ2v) is 5.10. The molecule has 0 aliphatic carbocycles. The third kappa shape index (κ3) is 9.76. The summed E-state index contributed by atoms with van der Waals surface area (Å²) in [5.41, 5.74) is 1.25. The molecule has 2 heteroatoms. The molecule has 0 atom stereocenters. The van der Waals surface area contributed by atoms with Gasteiger partial charge < -0.3 is 9.84 Å². The molecule has 1 rings (SSSR count). The van der Waals surface area contributed by atoms with Crippen LogP contribution in [0.1, 0.15) is 50.5 Å². The van der Waals surface area contributed by atoms with Crippen LogP contribution in [0.3, 0.4) is 0 Å². The van der Waals surface area contributed by atoms with E-state index < -0.39 is 0 Å². The predicted octanol–water partition coefficient (Wildman–Crippen LogP) is 4.48. The van der Waals surface area contributed by atoms with Gasteiger partial charge in [0.05, 0.1) is 13.2 Å². The summed E-state index contributed by atoms with van der Waals surface area (Å²) in [6.45, 7) is 1.77. The fraction of sp³-hybridized carbons (Fsp3) is 0.556. The van der Waals surface area contributed by atoms with Crippen molar-refractivity contribution in [1.29, 1.82) is 0 Å². The molecule has 0 radical (unpaired) electrons. The van der Waals surface area contributed by atoms with Crippen molar-refractivity contribution in [2.45, 2.75) is 51.6 Å². The van der Waals surface area contributed by atoms with Gasteiger partial charge in [0.1, 0.15) is 0 Å². The summed E-state index contributed by atoms with van der Waals surface area (Å²) in [5.74, 6) is 0. The Morgan fingerprint density at radius 3 is 2.30 bits per heavy atom. The molecule has 0 aromatic heterocycles. The van der Waals surface area contributed by atoms with Crippen molar-refractivity contribution < 1.29 is 9.84 Å². The molecule has 0 unspecified atom stereocenters. The second-order valence-electron chi connectivity index (χ2n) is 5.10. The first-order valence-corrected chi connectivity index (χ1v) is 7.81. The minimum atomic E-state index is 0.170. The Morgan fingerprint density at radius 1 is 0.850 bits per heavy atom. The number of hydrogen-bond acceptors (Lipinski definition) is 2. The molecular weight excluding hydrogens is 248 g/mol. The van der Waals surface area contributed by atoms with Crippen LogP contribution in [0, 0.1) is 0 Å². The molecule has 20 heavy (non-hydrogen) atoms. The summed E-state index contributed by atoms with van der Waals surface area (Å²) in [4.78, 5) is 0. The first-order chi connectivity index (χ1) is 9.93. The first-order valence-electron chi connectivity index (χ1n) is 7.81. The average molecular weight is 276 g/mol. The summed E-state index contributed by atoms with van der Waals surface area (Å²) in [6, 6.07) is 10.3. The SMILES string of the molecule is OC/C=C/CCCCCCCCOCc1ccccc1. The number of benzene rings is 1. The average Bonchev–Trinajstić information content (AvgIpc) is 2.49. The third-order valence-electron chi connectivity index (χ3n) is 3.29. The maximum absolute atomic E-state index is 8.58. The zero-order chi connectivity index (χ0) is 14.3. The summed E-state index contributed by atoms with van der Waals surface area (Å²) in [7, 11) is 0. The van der Waals surface area contributed by atoms with Crippen LogP contribution in [0.4, 0.5) is 0 Å². The topological polar surface area (TPSA) is 29.5 Å². The second kappa shape index (κ2) is 12.9. The van der Waals surface area contributed by atoms with Gasteiger partial charge >= 0.3 is 0 Å². The van der Waals surface area contributed by atoms with E-state index in [-0.39, 0.29) is 6.61 Å². The molecule has 0 heterocycles. The van der Waals surface area contributed by atoms with Gasteiger partial charge in [-0.3, -0.25) is 0 Å². The van der Waals surface area contributed by atoms with Gasteiger partial charge in [-0.15, -0.1) is 0 Å². The monoisotopic (exact) mass is 276 g/mol. The highest BCUT2D eigenvalue weighted by atomic mass is 16.5. The minimum Gasteiger partial charge on any atom is -0.392 e. The maximum Gasteiger partial charge on any atom is 0.0716 e. The zero-order valence-corrected chi connectivity index (χ0v) is 12.5. The number of aliphatic hydroxyl groups excluding tert-OH is 1. The molecule has 1 aromatic rings. The summed E-state index contributed by atoms with van der Waals surface area (Å²) in [5, 5.41) is 8.58. The lowest BCUT2D eigenvalue weighted by atomic mass is 10.1. The highest BCUT2D eigenvalue weighted by molar-refractivity contribution is 5.13. The van der Waals surface area contributed by atoms with E-state index in [0.29, 0.717) is 0 Å². The van der Waals surface area contributed by atoms with Crippen LogP contribution in [-0.4, -0.2) is 18.3 Å². The van der Waals surface area contributed by atoms with Gasteiger partial charge in [-0.05, 0) is 24.8 Å². The van der Waals surface area contributed by atoms with E-state index in [1.54, 1.807) is 0 Å². The lowest BCUT2D eigenvalue weighted by molar-refractivity contribution is 0.116. The van der Waals surface area contributed by atoms with Crippen LogP contribution < -0.4 is 0 Å². The van der Waals surface area contributed by atoms with Gasteiger partial charge in [0, 0.05) is 6.61 Å². The van der Waals surface area contributed by atoms with Crippen LogP contribution in [0.2, 0.25) is 0 Å². The van der Waals surface area contributed by atoms with Crippen molar-refractivity contribution in [2.75, 3.05) is 13.2 Å². The van der Waals surface area contributed by atoms with E-state index in [1.165, 1.54) is 37.7 Å². The van der Waals surface area contributed by atoms with Crippen molar-refractivity contribution in [3.05, 3.63) is 48.0 Å². The van der Waals surface area contributed by atoms with E-state index in [4.69, 9.17) is 9.84 Å². The smallest absolute Gasteiger partial charge is 0.0716 e. The van der Waals surface area contributed by atoms with E-state index in [2.05, 4.69) is 30.3 Å². The Labute approximate surface area is 123 Å². The summed E-state index contributed by atoms with van der Waals surface area (Å²) in [6.07, 6.45) is 12.6. The fourth-order valence-electron chi connectivity index (χ4n) is 2.13. The molecule has 0 aliphatic rings. The minimum absolute atomic E-state index is 0.170. The molecule has 0 saturated heterocycles. The third-order valence-corrected chi connectivity index (χ3v) is 3.29. The van der Waals surface area contributed by atoms with Gasteiger partial charge in [0.25, 0.3) is 0 Å². The van der Waals surface area contributed by atoms with Crippen LogP contribution in [0.25, 0.3) is 0 Å². The van der Waals surface area contributed by atoms with Gasteiger partial charge in [-0.1, -0.05) is 68.2 Å². The summed E-state index contributed by atoms with van der Waals surface area (Å²) < 4.78 is 5.66. The summed E-state index contributed by atoms with van der Waals surface area (Å²) >= 11 is 0. The Morgan fingerprint density at radius 2 is 1.55 bits per heavy atom. The van der Waals surface area contributed by atoms with E-state index in [1.807, 2.05) is 12.1 Å². The van der Waals surface area contributed by atoms with Crippen molar-refractivity contribution in [2.24, 2.45) is 0 Å². The molecule has 2 nitrogen and oxygen atoms in total. The largest absolute Gasteiger partial charge is 0.392 e. The van der Waals surface area contributed by atoms with Crippen molar-refractivity contribution in [3.8, 4) is 0 Å². The Kier molecular flexibility index (Phi) is 10.9. The van der Waals surface area contributed by atoms with Crippen LogP contribution >= 0.6 is 0 Å². The highest BCUT2D eigenvalue weighted by Gasteiger charge is 1.93. The number of aliphatic hydroxyl groups is 1. The normalized spacial score (nSPS) is 11.2. The van der Waals surface area contributed by atoms with Gasteiger partial charge in [0.15, 0.2) is 0 Å². The quantitative estimate of drug-likeness (QED) is 0.450. The highest BCUT2D eigenvalue weighted by Crippen LogP contribution is 2.08. The molecule has 0 saturated carbocycles. The Balaban J connectivity index is 1.80. The maximum atomic E-state index is 8.58. The van der Waals surface area contributed by atoms with Gasteiger partial charge in [-0.25, -0.2) is 0 Å². The molecule has 0 spiro atoms. The molecule has 0 bridgehead atoms. The van der Waals surface area contributed by atoms with Gasteiger partial charge in [-0.2, -0.15) is 0 Å². The molecule has 1 N–H and O–H groups in total. The van der Waals surface area contributed by atoms with E-state index in [9.17, 15) is 0 Å². The molecule has 0 aliphatic heterocycles. The van der Waals surface area contributed by atoms with Crippen molar-refractivity contribution in [3.63, 3.8) is 0 Å². The Bertz CT molecular complexity index is 333. The van der Waals surface area contributed by atoms with Crippen molar-refractivity contribution >= 4 is 0 Å². The van der Waals surface area contributed by atoms with Crippen LogP contribution in [0.5, 0.6) is 0 Å². The lowest BCUT2D eigenvalue weighted by Gasteiger charge is -2.04. The molecule has 0 fully saturated rings. The number of allylic oxidation sites excluding steroid dienone is 1. The lowest BCUT2D eigenvalue weighted by Crippen LogP contribution is -1.95. The zero-order valence-electron chi connectivity index (χ0n) is 12.5. The first kappa shape index (κ1) is 16.9. The van der Waals surface area contributed by atoms with Crippen molar-refractivity contribution in [1.82, 2.24) is 0 Å². The number of rotatable bonds is 12. The number of ether oxygens (including phenoxy) is 1. The van der Waals surface area contributed by atoms with Crippen LogP contribution in [0.15, 0.2) is 42.5 Å². The molecule has 0 amide bonds. The van der Waals surface area contributed by atoms with E-state index >= 15 is 0 Å². The number of hydrogen-bond donors (Lipinski definition) is 1. The standard InChI is InChI=1S/C18H28O2/c19-15-11-6-4-2-1-3-5-7-12-16-20-17-18-13-9-8-10-14-18/h6,8-11,13-14,19H,1-5,7,12,15-17H2/b11-6+. The molecular formula is C18H28O2. The predicted molar refractivity (Wildman–Crippen MR) is 84.6 cm³/mol. The molecule has 112 valence electrons. The number of unbranched alkanes of at least 4 members (excludes halogenated alkanes) is 6. The van der Waals surface area contributed by atoms with Gasteiger partial charge in [0.2, 0.25) is 0 Å².